The summed E-state index contributed by atoms with van der Waals surface area (Å²) < 4.78 is 2.49. The van der Waals surface area contributed by atoms with Crippen LogP contribution < -0.4 is 0 Å². The summed E-state index contributed by atoms with van der Waals surface area (Å²) in [6.45, 7) is 5.71. The Morgan fingerprint density at radius 2 is 1.90 bits per heavy atom. The minimum absolute atomic E-state index is 0.562. The maximum atomic E-state index is 4.70. The molecule has 0 N–H and O–H groups in total. The van der Waals surface area contributed by atoms with Crippen molar-refractivity contribution in [2.24, 2.45) is 5.92 Å². The Labute approximate surface area is 121 Å². The molecule has 0 amide bonds. The number of aromatic nitrogens is 2. The summed E-state index contributed by atoms with van der Waals surface area (Å²) in [5, 5.41) is 0. The van der Waals surface area contributed by atoms with E-state index in [0.717, 1.165) is 18.8 Å². The summed E-state index contributed by atoms with van der Waals surface area (Å²) in [6.07, 6.45) is 7.01. The van der Waals surface area contributed by atoms with Crippen LogP contribution in [0.25, 0.3) is 0 Å². The molecule has 20 heavy (non-hydrogen) atoms. The van der Waals surface area contributed by atoms with Gasteiger partial charge in [-0.3, -0.25) is 0 Å². The third kappa shape index (κ3) is 3.12. The van der Waals surface area contributed by atoms with E-state index < -0.39 is 0 Å². The van der Waals surface area contributed by atoms with Crippen molar-refractivity contribution in [2.75, 3.05) is 0 Å². The van der Waals surface area contributed by atoms with Crippen LogP contribution in [0.4, 0.5) is 0 Å². The Morgan fingerprint density at radius 3 is 2.55 bits per heavy atom. The first kappa shape index (κ1) is 13.4. The molecule has 0 spiro atoms. The highest BCUT2D eigenvalue weighted by atomic mass is 15.1. The van der Waals surface area contributed by atoms with E-state index in [4.69, 9.17) is 4.98 Å². The smallest absolute Gasteiger partial charge is 0.109 e. The highest BCUT2D eigenvalue weighted by molar-refractivity contribution is 5.17. The fourth-order valence-corrected chi connectivity index (χ4v) is 2.76. The van der Waals surface area contributed by atoms with Crippen LogP contribution in [0, 0.1) is 5.92 Å². The number of imidazole rings is 1. The van der Waals surface area contributed by atoms with Crippen molar-refractivity contribution in [1.82, 2.24) is 9.55 Å². The van der Waals surface area contributed by atoms with Crippen molar-refractivity contribution in [3.63, 3.8) is 0 Å². The highest BCUT2D eigenvalue weighted by Crippen LogP contribution is 2.32. The SMILES string of the molecule is CC(C)c1cnc(CCc2ccccc2)n1CC1CC1. The van der Waals surface area contributed by atoms with Gasteiger partial charge in [0.1, 0.15) is 5.82 Å². The minimum atomic E-state index is 0.562. The Bertz CT molecular complexity index is 550. The molecule has 0 aliphatic heterocycles. The quantitative estimate of drug-likeness (QED) is 0.767. The number of nitrogens with zero attached hydrogens (tertiary/aromatic N) is 2. The third-order valence-corrected chi connectivity index (χ3v) is 4.18. The molecule has 1 aliphatic carbocycles. The van der Waals surface area contributed by atoms with E-state index in [1.807, 2.05) is 0 Å². The molecular formula is C18H24N2. The van der Waals surface area contributed by atoms with E-state index >= 15 is 0 Å². The van der Waals surface area contributed by atoms with Crippen LogP contribution in [0.3, 0.4) is 0 Å². The normalized spacial score (nSPS) is 14.9. The standard InChI is InChI=1S/C18H24N2/c1-14(2)17-12-19-18(20(17)13-16-8-9-16)11-10-15-6-4-3-5-7-15/h3-7,12,14,16H,8-11,13H2,1-2H3. The zero-order valence-electron chi connectivity index (χ0n) is 12.5. The molecule has 106 valence electrons. The second-order valence-corrected chi connectivity index (χ2v) is 6.29. The Morgan fingerprint density at radius 1 is 1.15 bits per heavy atom. The monoisotopic (exact) mass is 268 g/mol. The van der Waals surface area contributed by atoms with Gasteiger partial charge in [-0.15, -0.1) is 0 Å². The van der Waals surface area contributed by atoms with Gasteiger partial charge >= 0.3 is 0 Å². The van der Waals surface area contributed by atoms with Gasteiger partial charge in [0.05, 0.1) is 0 Å². The molecule has 2 heteroatoms. The summed E-state index contributed by atoms with van der Waals surface area (Å²) in [5.74, 6) is 2.73. The number of hydrogen-bond acceptors (Lipinski definition) is 1. The molecule has 3 rings (SSSR count). The molecule has 2 nitrogen and oxygen atoms in total. The molecule has 0 radical (unpaired) electrons. The summed E-state index contributed by atoms with van der Waals surface area (Å²) in [5.41, 5.74) is 2.81. The average Bonchev–Trinajstić information content (AvgIpc) is 3.17. The van der Waals surface area contributed by atoms with Crippen LogP contribution in [0.15, 0.2) is 36.5 Å². The lowest BCUT2D eigenvalue weighted by molar-refractivity contribution is 0.558. The first-order valence-electron chi connectivity index (χ1n) is 7.82. The maximum Gasteiger partial charge on any atom is 0.109 e. The molecule has 1 aromatic carbocycles. The molecule has 0 bridgehead atoms. The van der Waals surface area contributed by atoms with Crippen LogP contribution in [0.5, 0.6) is 0 Å². The zero-order chi connectivity index (χ0) is 13.9. The van der Waals surface area contributed by atoms with Gasteiger partial charge in [0.2, 0.25) is 0 Å². The lowest BCUT2D eigenvalue weighted by Crippen LogP contribution is -2.11. The molecular weight excluding hydrogens is 244 g/mol. The van der Waals surface area contributed by atoms with Crippen LogP contribution in [0.1, 0.15) is 49.7 Å². The number of hydrogen-bond donors (Lipinski definition) is 0. The van der Waals surface area contributed by atoms with Gasteiger partial charge < -0.3 is 4.57 Å². The largest absolute Gasteiger partial charge is 0.332 e. The van der Waals surface area contributed by atoms with E-state index in [-0.39, 0.29) is 0 Å². The average molecular weight is 268 g/mol. The number of benzene rings is 1. The molecule has 1 heterocycles. The Balaban J connectivity index is 1.74. The number of aryl methyl sites for hydroxylation is 2. The Hall–Kier alpha value is -1.57. The molecule has 0 saturated heterocycles. The Kier molecular flexibility index (Phi) is 3.90. The molecule has 1 aliphatic rings. The topological polar surface area (TPSA) is 17.8 Å². The molecule has 0 atom stereocenters. The highest BCUT2D eigenvalue weighted by Gasteiger charge is 2.24. The molecule has 0 unspecified atom stereocenters. The van der Waals surface area contributed by atoms with Crippen LogP contribution in [-0.2, 0) is 19.4 Å². The lowest BCUT2D eigenvalue weighted by Gasteiger charge is -2.13. The van der Waals surface area contributed by atoms with E-state index in [0.29, 0.717) is 5.92 Å². The van der Waals surface area contributed by atoms with Crippen molar-refractivity contribution in [2.45, 2.75) is 52.0 Å². The van der Waals surface area contributed by atoms with E-state index in [2.05, 4.69) is 54.9 Å². The van der Waals surface area contributed by atoms with Gasteiger partial charge in [0.15, 0.2) is 0 Å². The van der Waals surface area contributed by atoms with E-state index in [1.54, 1.807) is 0 Å². The second kappa shape index (κ2) is 5.82. The molecule has 2 aromatic rings. The van der Waals surface area contributed by atoms with Crippen molar-refractivity contribution >= 4 is 0 Å². The predicted molar refractivity (Wildman–Crippen MR) is 82.9 cm³/mol. The van der Waals surface area contributed by atoms with Gasteiger partial charge in [-0.05, 0) is 36.7 Å². The van der Waals surface area contributed by atoms with E-state index in [9.17, 15) is 0 Å². The first-order valence-corrected chi connectivity index (χ1v) is 7.82. The predicted octanol–water partition coefficient (Wildman–Crippen LogP) is 4.20. The van der Waals surface area contributed by atoms with Crippen LogP contribution in [-0.4, -0.2) is 9.55 Å². The summed E-state index contributed by atoms with van der Waals surface area (Å²) >= 11 is 0. The minimum Gasteiger partial charge on any atom is -0.332 e. The first-order chi connectivity index (χ1) is 9.74. The molecule has 1 saturated carbocycles. The van der Waals surface area contributed by atoms with Crippen molar-refractivity contribution < 1.29 is 0 Å². The lowest BCUT2D eigenvalue weighted by atomic mass is 10.1. The van der Waals surface area contributed by atoms with Gasteiger partial charge in [-0.25, -0.2) is 4.98 Å². The summed E-state index contributed by atoms with van der Waals surface area (Å²) in [6, 6.07) is 10.7. The van der Waals surface area contributed by atoms with Crippen LogP contribution in [0.2, 0.25) is 0 Å². The fourth-order valence-electron chi connectivity index (χ4n) is 2.76. The fraction of sp³-hybridized carbons (Fsp3) is 0.500. The van der Waals surface area contributed by atoms with Crippen LogP contribution >= 0.6 is 0 Å². The van der Waals surface area contributed by atoms with Gasteiger partial charge in [0, 0.05) is 24.9 Å². The van der Waals surface area contributed by atoms with E-state index in [1.165, 1.54) is 36.5 Å². The van der Waals surface area contributed by atoms with Gasteiger partial charge in [0.25, 0.3) is 0 Å². The summed E-state index contributed by atoms with van der Waals surface area (Å²) in [4.78, 5) is 4.70. The molecule has 1 fully saturated rings. The zero-order valence-corrected chi connectivity index (χ0v) is 12.5. The molecule has 1 aromatic heterocycles. The van der Waals surface area contributed by atoms with Gasteiger partial charge in [-0.2, -0.15) is 0 Å². The summed E-state index contributed by atoms with van der Waals surface area (Å²) in [7, 11) is 0. The van der Waals surface area contributed by atoms with Gasteiger partial charge in [-0.1, -0.05) is 44.2 Å². The second-order valence-electron chi connectivity index (χ2n) is 6.29. The van der Waals surface area contributed by atoms with Crippen molar-refractivity contribution in [1.29, 1.82) is 0 Å². The van der Waals surface area contributed by atoms with Crippen molar-refractivity contribution in [3.8, 4) is 0 Å². The number of rotatable bonds is 6. The third-order valence-electron chi connectivity index (χ3n) is 4.18. The van der Waals surface area contributed by atoms with Crippen molar-refractivity contribution in [3.05, 3.63) is 53.6 Å². The maximum absolute atomic E-state index is 4.70.